The molecule has 0 aliphatic carbocycles. The second-order valence-corrected chi connectivity index (χ2v) is 9.58. The van der Waals surface area contributed by atoms with Crippen LogP contribution in [0.1, 0.15) is 103 Å². The van der Waals surface area contributed by atoms with Crippen molar-refractivity contribution in [3.63, 3.8) is 0 Å². The fourth-order valence-electron chi connectivity index (χ4n) is 4.13. The van der Waals surface area contributed by atoms with Crippen molar-refractivity contribution in [2.45, 2.75) is 103 Å². The fourth-order valence-corrected chi connectivity index (χ4v) is 4.13. The van der Waals surface area contributed by atoms with Gasteiger partial charge in [-0.25, -0.2) is 4.79 Å². The molecular weight excluding hydrogens is 508 g/mol. The zero-order valence-electron chi connectivity index (χ0n) is 23.5. The maximum Gasteiger partial charge on any atom is 0.335 e. The number of esters is 2. The van der Waals surface area contributed by atoms with Gasteiger partial charge in [0, 0.05) is 38.1 Å². The molecule has 39 heavy (non-hydrogen) atoms. The topological polar surface area (TPSA) is 145 Å². The predicted molar refractivity (Wildman–Crippen MR) is 144 cm³/mol. The number of hydrogen-bond donors (Lipinski definition) is 2. The van der Waals surface area contributed by atoms with Crippen LogP contribution in [0.3, 0.4) is 0 Å². The first kappa shape index (κ1) is 33.8. The van der Waals surface area contributed by atoms with E-state index in [9.17, 15) is 29.4 Å². The van der Waals surface area contributed by atoms with E-state index in [0.29, 0.717) is 17.6 Å². The van der Waals surface area contributed by atoms with Gasteiger partial charge in [0.25, 0.3) is 0 Å². The highest BCUT2D eigenvalue weighted by atomic mass is 16.7. The molecular formula is C28H46N2O9. The van der Waals surface area contributed by atoms with Crippen molar-refractivity contribution < 1.29 is 43.7 Å². The van der Waals surface area contributed by atoms with E-state index < -0.39 is 23.7 Å². The van der Waals surface area contributed by atoms with E-state index in [4.69, 9.17) is 4.84 Å². The molecule has 1 amide bonds. The van der Waals surface area contributed by atoms with E-state index in [1.165, 1.54) is 63.4 Å². The van der Waals surface area contributed by atoms with Gasteiger partial charge in [-0.05, 0) is 12.8 Å². The van der Waals surface area contributed by atoms with Crippen molar-refractivity contribution in [2.75, 3.05) is 27.3 Å². The average molecular weight is 555 g/mol. The van der Waals surface area contributed by atoms with Crippen LogP contribution in [0.5, 0.6) is 11.8 Å². The highest BCUT2D eigenvalue weighted by Crippen LogP contribution is 2.19. The molecule has 1 heterocycles. The molecule has 0 bridgehead atoms. The van der Waals surface area contributed by atoms with E-state index in [1.54, 1.807) is 0 Å². The SMILES string of the molecule is COC(=O)CCCCCCCCCCCCCCC(=O)N(CCC(=O)OC)CCC(=O)On1c(O)ccc1O. The molecule has 0 aliphatic rings. The maximum atomic E-state index is 12.7. The molecule has 222 valence electrons. The van der Waals surface area contributed by atoms with Crippen LogP contribution in [-0.4, -0.2) is 71.0 Å². The standard InChI is InChI=1S/C28H46N2O9/c1-37-26(34)16-14-12-10-8-6-4-3-5-7-9-11-13-15-23(31)29(21-19-27(35)38-2)22-20-28(36)39-30-24(32)17-18-25(30)33/h17-18,32-33H,3-16,19-22H2,1-2H3. The number of ether oxygens (including phenoxy) is 2. The van der Waals surface area contributed by atoms with Crippen LogP contribution in [-0.2, 0) is 28.7 Å². The average Bonchev–Trinajstić information content (AvgIpc) is 3.24. The molecule has 0 radical (unpaired) electrons. The number of aromatic hydroxyl groups is 2. The Kier molecular flexibility index (Phi) is 17.9. The first-order chi connectivity index (χ1) is 18.8. The number of carbonyl (C=O) groups is 4. The summed E-state index contributed by atoms with van der Waals surface area (Å²) in [7, 11) is 2.70. The van der Waals surface area contributed by atoms with Crippen LogP contribution in [0.15, 0.2) is 12.1 Å². The summed E-state index contributed by atoms with van der Waals surface area (Å²) in [5, 5.41) is 19.2. The number of hydrogen-bond acceptors (Lipinski definition) is 9. The summed E-state index contributed by atoms with van der Waals surface area (Å²) in [5.74, 6) is -2.33. The quantitative estimate of drug-likeness (QED) is 0.158. The number of nitrogens with zero attached hydrogens (tertiary/aromatic N) is 2. The van der Waals surface area contributed by atoms with E-state index in [1.807, 2.05) is 0 Å². The summed E-state index contributed by atoms with van der Waals surface area (Å²) >= 11 is 0. The molecule has 11 nitrogen and oxygen atoms in total. The van der Waals surface area contributed by atoms with Crippen LogP contribution in [0.25, 0.3) is 0 Å². The van der Waals surface area contributed by atoms with Gasteiger partial charge in [-0.2, -0.15) is 0 Å². The Balaban J connectivity index is 2.20. The smallest absolute Gasteiger partial charge is 0.335 e. The minimum atomic E-state index is -0.744. The summed E-state index contributed by atoms with van der Waals surface area (Å²) < 4.78 is 9.89. The van der Waals surface area contributed by atoms with Crippen molar-refractivity contribution >= 4 is 23.8 Å². The van der Waals surface area contributed by atoms with Crippen LogP contribution in [0.4, 0.5) is 0 Å². The molecule has 0 aromatic carbocycles. The normalized spacial score (nSPS) is 10.7. The zero-order chi connectivity index (χ0) is 28.9. The monoisotopic (exact) mass is 554 g/mol. The number of rotatable bonds is 22. The molecule has 11 heteroatoms. The first-order valence-corrected chi connectivity index (χ1v) is 14.0. The van der Waals surface area contributed by atoms with Gasteiger partial charge in [-0.15, -0.1) is 4.73 Å². The van der Waals surface area contributed by atoms with Crippen LogP contribution >= 0.6 is 0 Å². The van der Waals surface area contributed by atoms with Gasteiger partial charge in [0.2, 0.25) is 17.7 Å². The molecule has 0 atom stereocenters. The van der Waals surface area contributed by atoms with Crippen molar-refractivity contribution in [3.8, 4) is 11.8 Å². The second-order valence-electron chi connectivity index (χ2n) is 9.58. The molecule has 1 aromatic heterocycles. The van der Waals surface area contributed by atoms with Gasteiger partial charge >= 0.3 is 17.9 Å². The minimum Gasteiger partial charge on any atom is -0.492 e. The lowest BCUT2D eigenvalue weighted by Crippen LogP contribution is -2.36. The van der Waals surface area contributed by atoms with Crippen molar-refractivity contribution in [3.05, 3.63) is 12.1 Å². The number of aromatic nitrogens is 1. The number of methoxy groups -OCH3 is 2. The summed E-state index contributed by atoms with van der Waals surface area (Å²) in [4.78, 5) is 53.9. The Morgan fingerprint density at radius 3 is 1.46 bits per heavy atom. The van der Waals surface area contributed by atoms with Crippen LogP contribution < -0.4 is 4.84 Å². The number of unbranched alkanes of at least 4 members (excludes halogenated alkanes) is 11. The van der Waals surface area contributed by atoms with Gasteiger partial charge in [0.05, 0.1) is 27.1 Å². The molecule has 1 aromatic rings. The minimum absolute atomic E-state index is 0.0178. The molecule has 0 saturated carbocycles. The summed E-state index contributed by atoms with van der Waals surface area (Å²) in [6, 6.07) is 2.35. The molecule has 2 N–H and O–H groups in total. The lowest BCUT2D eigenvalue weighted by Gasteiger charge is -2.22. The van der Waals surface area contributed by atoms with Crippen molar-refractivity contribution in [1.82, 2.24) is 9.63 Å². The zero-order valence-corrected chi connectivity index (χ0v) is 23.5. The van der Waals surface area contributed by atoms with Gasteiger partial charge in [0.1, 0.15) is 0 Å². The van der Waals surface area contributed by atoms with Crippen molar-refractivity contribution in [1.29, 1.82) is 0 Å². The van der Waals surface area contributed by atoms with E-state index in [2.05, 4.69) is 9.47 Å². The Morgan fingerprint density at radius 1 is 0.615 bits per heavy atom. The molecule has 0 aliphatic heterocycles. The summed E-state index contributed by atoms with van der Waals surface area (Å²) in [6.45, 7) is 0.173. The van der Waals surface area contributed by atoms with Crippen molar-refractivity contribution in [2.24, 2.45) is 0 Å². The van der Waals surface area contributed by atoms with E-state index in [0.717, 1.165) is 44.9 Å². The first-order valence-electron chi connectivity index (χ1n) is 14.0. The lowest BCUT2D eigenvalue weighted by molar-refractivity contribution is -0.146. The third-order valence-electron chi connectivity index (χ3n) is 6.49. The Hall–Kier alpha value is -3.24. The third kappa shape index (κ3) is 15.7. The Morgan fingerprint density at radius 2 is 1.00 bits per heavy atom. The van der Waals surface area contributed by atoms with E-state index in [-0.39, 0.29) is 37.8 Å². The number of carbonyl (C=O) groups excluding carboxylic acids is 4. The molecule has 0 unspecified atom stereocenters. The number of amides is 1. The predicted octanol–water partition coefficient (Wildman–Crippen LogP) is 4.27. The fraction of sp³-hybridized carbons (Fsp3) is 0.714. The van der Waals surface area contributed by atoms with E-state index >= 15 is 0 Å². The lowest BCUT2D eigenvalue weighted by atomic mass is 10.0. The largest absolute Gasteiger partial charge is 0.492 e. The second kappa shape index (κ2) is 20.7. The summed E-state index contributed by atoms with van der Waals surface area (Å²) in [5.41, 5.74) is 0. The van der Waals surface area contributed by atoms with Gasteiger partial charge in [-0.3, -0.25) is 14.4 Å². The van der Waals surface area contributed by atoms with Crippen LogP contribution in [0.2, 0.25) is 0 Å². The summed E-state index contributed by atoms with van der Waals surface area (Å²) in [6.07, 6.45) is 13.7. The van der Waals surface area contributed by atoms with Gasteiger partial charge in [0.15, 0.2) is 0 Å². The van der Waals surface area contributed by atoms with Gasteiger partial charge in [-0.1, -0.05) is 64.2 Å². The highest BCUT2D eigenvalue weighted by molar-refractivity contribution is 5.78. The highest BCUT2D eigenvalue weighted by Gasteiger charge is 2.18. The molecule has 0 fully saturated rings. The Labute approximate surface area is 231 Å². The third-order valence-corrected chi connectivity index (χ3v) is 6.49. The van der Waals surface area contributed by atoms with Gasteiger partial charge < -0.3 is 29.4 Å². The Bertz CT molecular complexity index is 850. The molecule has 0 saturated heterocycles. The molecule has 1 rings (SSSR count). The molecule has 0 spiro atoms. The maximum absolute atomic E-state index is 12.7. The van der Waals surface area contributed by atoms with Crippen LogP contribution in [0, 0.1) is 0 Å².